The predicted octanol–water partition coefficient (Wildman–Crippen LogP) is 8.08. The molecule has 5 aromatic carbocycles. The third-order valence-corrected chi connectivity index (χ3v) is 5.70. The highest BCUT2D eigenvalue weighted by Gasteiger charge is 2.19. The standard InChI is InChI=1S/C28H23N/c1-20-16-18-23(19-17-20)29(22-10-4-3-5-11-22)28-26-14-8-6-12-24(26)21(2)25-13-7-9-15-27(25)28/h3-19H,1-2H3. The first-order valence-electron chi connectivity index (χ1n) is 10.1. The first kappa shape index (κ1) is 17.5. The molecule has 1 nitrogen and oxygen atoms in total. The number of rotatable bonds is 3. The van der Waals surface area contributed by atoms with Crippen molar-refractivity contribution in [3.8, 4) is 0 Å². The monoisotopic (exact) mass is 373 g/mol. The van der Waals surface area contributed by atoms with Crippen molar-refractivity contribution in [1.82, 2.24) is 0 Å². The minimum Gasteiger partial charge on any atom is -0.309 e. The Hall–Kier alpha value is -3.58. The van der Waals surface area contributed by atoms with Crippen molar-refractivity contribution in [3.63, 3.8) is 0 Å². The summed E-state index contributed by atoms with van der Waals surface area (Å²) in [6.45, 7) is 4.36. The number of hydrogen-bond acceptors (Lipinski definition) is 1. The van der Waals surface area contributed by atoms with E-state index in [2.05, 4.69) is 122 Å². The lowest BCUT2D eigenvalue weighted by atomic mass is 9.94. The number of fused-ring (bicyclic) bond motifs is 2. The summed E-state index contributed by atoms with van der Waals surface area (Å²) in [7, 11) is 0. The van der Waals surface area contributed by atoms with Crippen molar-refractivity contribution in [3.05, 3.63) is 114 Å². The minimum atomic E-state index is 1.16. The van der Waals surface area contributed by atoms with E-state index >= 15 is 0 Å². The summed E-state index contributed by atoms with van der Waals surface area (Å²) in [5, 5.41) is 5.14. The summed E-state index contributed by atoms with van der Waals surface area (Å²) in [6, 6.07) is 36.9. The second-order valence-electron chi connectivity index (χ2n) is 7.57. The van der Waals surface area contributed by atoms with Gasteiger partial charge in [-0.3, -0.25) is 0 Å². The Kier molecular flexibility index (Phi) is 4.29. The molecule has 0 atom stereocenters. The molecule has 5 rings (SSSR count). The van der Waals surface area contributed by atoms with Gasteiger partial charge >= 0.3 is 0 Å². The van der Waals surface area contributed by atoms with E-state index in [0.29, 0.717) is 0 Å². The molecular formula is C28H23N. The van der Waals surface area contributed by atoms with Crippen molar-refractivity contribution >= 4 is 38.6 Å². The molecular weight excluding hydrogens is 350 g/mol. The molecule has 29 heavy (non-hydrogen) atoms. The van der Waals surface area contributed by atoms with Crippen molar-refractivity contribution in [2.75, 3.05) is 4.90 Å². The quantitative estimate of drug-likeness (QED) is 0.289. The maximum Gasteiger partial charge on any atom is 0.0618 e. The SMILES string of the molecule is Cc1ccc(N(c2ccccc2)c2c3ccccc3c(C)c3ccccc23)cc1. The lowest BCUT2D eigenvalue weighted by Crippen LogP contribution is -2.11. The molecule has 0 fully saturated rings. The molecule has 0 aromatic heterocycles. The molecule has 0 heterocycles. The van der Waals surface area contributed by atoms with Gasteiger partial charge < -0.3 is 4.90 Å². The summed E-state index contributed by atoms with van der Waals surface area (Å²) in [6.07, 6.45) is 0. The second kappa shape index (κ2) is 7.10. The summed E-state index contributed by atoms with van der Waals surface area (Å²) in [5.74, 6) is 0. The highest BCUT2D eigenvalue weighted by atomic mass is 15.1. The maximum atomic E-state index is 2.39. The van der Waals surface area contributed by atoms with Crippen molar-refractivity contribution in [2.45, 2.75) is 13.8 Å². The molecule has 0 bridgehead atoms. The van der Waals surface area contributed by atoms with E-state index in [4.69, 9.17) is 0 Å². The van der Waals surface area contributed by atoms with Gasteiger partial charge in [0.05, 0.1) is 5.69 Å². The molecule has 0 amide bonds. The van der Waals surface area contributed by atoms with Gasteiger partial charge in [0.1, 0.15) is 0 Å². The first-order chi connectivity index (χ1) is 14.2. The maximum absolute atomic E-state index is 2.39. The lowest BCUT2D eigenvalue weighted by molar-refractivity contribution is 1.30. The molecule has 0 unspecified atom stereocenters. The summed E-state index contributed by atoms with van der Waals surface area (Å²) >= 11 is 0. The molecule has 0 radical (unpaired) electrons. The molecule has 1 heteroatoms. The molecule has 0 spiro atoms. The van der Waals surface area contributed by atoms with E-state index in [1.165, 1.54) is 44.0 Å². The predicted molar refractivity (Wildman–Crippen MR) is 126 cm³/mol. The highest BCUT2D eigenvalue weighted by molar-refractivity contribution is 6.16. The smallest absolute Gasteiger partial charge is 0.0618 e. The largest absolute Gasteiger partial charge is 0.309 e. The lowest BCUT2D eigenvalue weighted by Gasteiger charge is -2.29. The van der Waals surface area contributed by atoms with Crippen LogP contribution in [-0.2, 0) is 0 Å². The van der Waals surface area contributed by atoms with E-state index in [-0.39, 0.29) is 0 Å². The topological polar surface area (TPSA) is 3.24 Å². The Morgan fingerprint density at radius 1 is 0.448 bits per heavy atom. The van der Waals surface area contributed by atoms with Crippen LogP contribution in [-0.4, -0.2) is 0 Å². The van der Waals surface area contributed by atoms with E-state index in [9.17, 15) is 0 Å². The first-order valence-corrected chi connectivity index (χ1v) is 10.1. The summed E-state index contributed by atoms with van der Waals surface area (Å²) in [5.41, 5.74) is 6.16. The van der Waals surface area contributed by atoms with Crippen LogP contribution in [0.25, 0.3) is 21.5 Å². The van der Waals surface area contributed by atoms with Crippen LogP contribution in [0.5, 0.6) is 0 Å². The van der Waals surface area contributed by atoms with Crippen LogP contribution in [0.4, 0.5) is 17.1 Å². The average molecular weight is 373 g/mol. The number of aryl methyl sites for hydroxylation is 2. The third-order valence-electron chi connectivity index (χ3n) is 5.70. The third kappa shape index (κ3) is 2.96. The van der Waals surface area contributed by atoms with Gasteiger partial charge in [-0.05, 0) is 54.4 Å². The van der Waals surface area contributed by atoms with Gasteiger partial charge in [0, 0.05) is 22.1 Å². The van der Waals surface area contributed by atoms with Crippen LogP contribution in [0.2, 0.25) is 0 Å². The zero-order valence-corrected chi connectivity index (χ0v) is 16.8. The van der Waals surface area contributed by atoms with Gasteiger partial charge in [-0.25, -0.2) is 0 Å². The number of para-hydroxylation sites is 1. The van der Waals surface area contributed by atoms with Gasteiger partial charge in [-0.15, -0.1) is 0 Å². The van der Waals surface area contributed by atoms with Crippen LogP contribution >= 0.6 is 0 Å². The Morgan fingerprint density at radius 2 is 0.897 bits per heavy atom. The molecule has 0 aliphatic heterocycles. The van der Waals surface area contributed by atoms with Gasteiger partial charge in [-0.2, -0.15) is 0 Å². The summed E-state index contributed by atoms with van der Waals surface area (Å²) in [4.78, 5) is 2.39. The summed E-state index contributed by atoms with van der Waals surface area (Å²) < 4.78 is 0. The normalized spacial score (nSPS) is 11.1. The number of nitrogens with zero attached hydrogens (tertiary/aromatic N) is 1. The highest BCUT2D eigenvalue weighted by Crippen LogP contribution is 2.44. The van der Waals surface area contributed by atoms with E-state index < -0.39 is 0 Å². The number of benzene rings is 5. The molecule has 0 aliphatic rings. The molecule has 0 N–H and O–H groups in total. The number of hydrogen-bond donors (Lipinski definition) is 0. The molecule has 0 saturated heterocycles. The fourth-order valence-electron chi connectivity index (χ4n) is 4.24. The minimum absolute atomic E-state index is 1.16. The van der Waals surface area contributed by atoms with Crippen LogP contribution in [0.3, 0.4) is 0 Å². The zero-order valence-electron chi connectivity index (χ0n) is 16.8. The molecule has 5 aromatic rings. The van der Waals surface area contributed by atoms with Crippen molar-refractivity contribution in [1.29, 1.82) is 0 Å². The molecule has 0 aliphatic carbocycles. The van der Waals surface area contributed by atoms with Gasteiger partial charge in [0.25, 0.3) is 0 Å². The Bertz CT molecular complexity index is 1240. The fourth-order valence-corrected chi connectivity index (χ4v) is 4.24. The van der Waals surface area contributed by atoms with Crippen LogP contribution in [0.1, 0.15) is 11.1 Å². The van der Waals surface area contributed by atoms with E-state index in [1.54, 1.807) is 0 Å². The fraction of sp³-hybridized carbons (Fsp3) is 0.0714. The van der Waals surface area contributed by atoms with Crippen LogP contribution < -0.4 is 4.90 Å². The van der Waals surface area contributed by atoms with Gasteiger partial charge in [-0.1, -0.05) is 84.4 Å². The van der Waals surface area contributed by atoms with Gasteiger partial charge in [0.2, 0.25) is 0 Å². The molecule has 0 saturated carbocycles. The van der Waals surface area contributed by atoms with Gasteiger partial charge in [0.15, 0.2) is 0 Å². The van der Waals surface area contributed by atoms with Crippen LogP contribution in [0, 0.1) is 13.8 Å². The van der Waals surface area contributed by atoms with Crippen LogP contribution in [0.15, 0.2) is 103 Å². The Morgan fingerprint density at radius 3 is 1.45 bits per heavy atom. The number of anilines is 3. The Labute approximate surface area is 171 Å². The van der Waals surface area contributed by atoms with E-state index in [0.717, 1.165) is 5.69 Å². The Balaban J connectivity index is 1.93. The van der Waals surface area contributed by atoms with Crippen molar-refractivity contribution in [2.24, 2.45) is 0 Å². The zero-order chi connectivity index (χ0) is 19.8. The second-order valence-corrected chi connectivity index (χ2v) is 7.57. The molecule has 140 valence electrons. The van der Waals surface area contributed by atoms with E-state index in [1.807, 2.05) is 0 Å². The van der Waals surface area contributed by atoms with Crippen molar-refractivity contribution < 1.29 is 0 Å². The average Bonchev–Trinajstić information content (AvgIpc) is 2.78.